The number of nitrogens with zero attached hydrogens (tertiary/aromatic N) is 2. The van der Waals surface area contributed by atoms with Gasteiger partial charge in [0, 0.05) is 11.6 Å². The molecule has 0 radical (unpaired) electrons. The summed E-state index contributed by atoms with van der Waals surface area (Å²) in [5.74, 6) is -2.11. The van der Waals surface area contributed by atoms with E-state index in [9.17, 15) is 13.6 Å². The molecule has 0 saturated heterocycles. The maximum Gasteiger partial charge on any atom is 0.313 e. The van der Waals surface area contributed by atoms with Gasteiger partial charge in [0.15, 0.2) is 0 Å². The van der Waals surface area contributed by atoms with Crippen molar-refractivity contribution in [3.63, 3.8) is 0 Å². The number of nitrogens with one attached hydrogen (secondary N) is 1. The molecule has 0 aliphatic heterocycles. The molecule has 1 amide bonds. The summed E-state index contributed by atoms with van der Waals surface area (Å²) in [5.41, 5.74) is 0.372. The highest BCUT2D eigenvalue weighted by Gasteiger charge is 2.18. The van der Waals surface area contributed by atoms with E-state index in [4.69, 9.17) is 9.15 Å². The average Bonchev–Trinajstić information content (AvgIpc) is 3.07. The average molecular weight is 331 g/mol. The predicted molar refractivity (Wildman–Crippen MR) is 80.6 cm³/mol. The topological polar surface area (TPSA) is 77.2 Å². The van der Waals surface area contributed by atoms with Crippen LogP contribution in [0.1, 0.15) is 10.7 Å². The van der Waals surface area contributed by atoms with Gasteiger partial charge in [-0.05, 0) is 30.3 Å². The van der Waals surface area contributed by atoms with E-state index < -0.39 is 17.5 Å². The fourth-order valence-electron chi connectivity index (χ4n) is 1.95. The molecule has 0 atom stereocenters. The van der Waals surface area contributed by atoms with E-state index in [0.29, 0.717) is 17.4 Å². The molecule has 2 aromatic carbocycles. The van der Waals surface area contributed by atoms with Crippen LogP contribution in [0.2, 0.25) is 0 Å². The quantitative estimate of drug-likeness (QED) is 0.794. The second-order valence-corrected chi connectivity index (χ2v) is 4.72. The van der Waals surface area contributed by atoms with Gasteiger partial charge < -0.3 is 14.5 Å². The van der Waals surface area contributed by atoms with E-state index in [2.05, 4.69) is 15.5 Å². The second-order valence-electron chi connectivity index (χ2n) is 4.72. The summed E-state index contributed by atoms with van der Waals surface area (Å²) in [7, 11) is 1.52. The Kier molecular flexibility index (Phi) is 4.19. The van der Waals surface area contributed by atoms with Crippen LogP contribution >= 0.6 is 0 Å². The van der Waals surface area contributed by atoms with Crippen molar-refractivity contribution in [2.45, 2.75) is 0 Å². The molecule has 1 heterocycles. The number of anilines is 1. The van der Waals surface area contributed by atoms with Crippen LogP contribution in [0.25, 0.3) is 11.5 Å². The summed E-state index contributed by atoms with van der Waals surface area (Å²) in [5, 5.41) is 9.64. The number of rotatable bonds is 4. The molecule has 0 fully saturated rings. The second kappa shape index (κ2) is 6.45. The van der Waals surface area contributed by atoms with E-state index in [1.807, 2.05) is 0 Å². The molecule has 0 spiro atoms. The maximum atomic E-state index is 13.5. The number of carbonyl (C=O) groups is 1. The third-order valence-electron chi connectivity index (χ3n) is 3.12. The molecule has 3 rings (SSSR count). The number of halogens is 2. The lowest BCUT2D eigenvalue weighted by Gasteiger charge is -2.03. The van der Waals surface area contributed by atoms with Gasteiger partial charge in [0.1, 0.15) is 17.4 Å². The van der Waals surface area contributed by atoms with E-state index in [-0.39, 0.29) is 17.5 Å². The lowest BCUT2D eigenvalue weighted by atomic mass is 10.2. The first-order valence-corrected chi connectivity index (χ1v) is 6.81. The lowest BCUT2D eigenvalue weighted by molar-refractivity contribution is 0.0990. The molecule has 1 aromatic heterocycles. The Hall–Kier alpha value is -3.29. The summed E-state index contributed by atoms with van der Waals surface area (Å²) in [6.07, 6.45) is 0. The monoisotopic (exact) mass is 331 g/mol. The van der Waals surface area contributed by atoms with Crippen molar-refractivity contribution in [3.05, 3.63) is 60.0 Å². The molecule has 24 heavy (non-hydrogen) atoms. The first-order chi connectivity index (χ1) is 11.6. The van der Waals surface area contributed by atoms with Crippen molar-refractivity contribution < 1.29 is 22.7 Å². The van der Waals surface area contributed by atoms with E-state index in [1.165, 1.54) is 7.11 Å². The van der Waals surface area contributed by atoms with Crippen molar-refractivity contribution in [1.29, 1.82) is 0 Å². The van der Waals surface area contributed by atoms with Crippen LogP contribution in [-0.2, 0) is 0 Å². The van der Waals surface area contributed by atoms with Gasteiger partial charge in [-0.2, -0.15) is 0 Å². The van der Waals surface area contributed by atoms with Crippen LogP contribution in [0.3, 0.4) is 0 Å². The SMILES string of the molecule is COc1cccc(-c2nnc(C(=O)Nc3ccc(F)cc3F)o2)c1. The van der Waals surface area contributed by atoms with Crippen molar-refractivity contribution in [3.8, 4) is 17.2 Å². The van der Waals surface area contributed by atoms with Crippen LogP contribution in [0, 0.1) is 11.6 Å². The molecule has 0 unspecified atom stereocenters. The number of methoxy groups -OCH3 is 1. The van der Waals surface area contributed by atoms with Crippen molar-refractivity contribution >= 4 is 11.6 Å². The summed E-state index contributed by atoms with van der Waals surface area (Å²) in [4.78, 5) is 12.0. The van der Waals surface area contributed by atoms with E-state index in [1.54, 1.807) is 24.3 Å². The highest BCUT2D eigenvalue weighted by molar-refractivity contribution is 6.01. The van der Waals surface area contributed by atoms with Gasteiger partial charge in [0.2, 0.25) is 5.89 Å². The Morgan fingerprint density at radius 1 is 1.17 bits per heavy atom. The molecule has 122 valence electrons. The number of amides is 1. The predicted octanol–water partition coefficient (Wildman–Crippen LogP) is 3.28. The maximum absolute atomic E-state index is 13.5. The van der Waals surface area contributed by atoms with Crippen LogP contribution in [0.4, 0.5) is 14.5 Å². The molecule has 1 N–H and O–H groups in total. The van der Waals surface area contributed by atoms with E-state index >= 15 is 0 Å². The van der Waals surface area contributed by atoms with Crippen molar-refractivity contribution in [1.82, 2.24) is 10.2 Å². The van der Waals surface area contributed by atoms with Gasteiger partial charge in [-0.25, -0.2) is 8.78 Å². The summed E-state index contributed by atoms with van der Waals surface area (Å²) < 4.78 is 36.8. The van der Waals surface area contributed by atoms with Gasteiger partial charge in [-0.1, -0.05) is 6.07 Å². The fourth-order valence-corrected chi connectivity index (χ4v) is 1.95. The van der Waals surface area contributed by atoms with Crippen LogP contribution in [-0.4, -0.2) is 23.2 Å². The minimum atomic E-state index is -0.907. The minimum Gasteiger partial charge on any atom is -0.497 e. The number of hydrogen-bond donors (Lipinski definition) is 1. The molecule has 0 saturated carbocycles. The van der Waals surface area contributed by atoms with Gasteiger partial charge >= 0.3 is 11.8 Å². The minimum absolute atomic E-state index is 0.110. The molecule has 6 nitrogen and oxygen atoms in total. The third kappa shape index (κ3) is 3.22. The molecular weight excluding hydrogens is 320 g/mol. The van der Waals surface area contributed by atoms with Gasteiger partial charge in [-0.15, -0.1) is 10.2 Å². The standard InChI is InChI=1S/C16H11F2N3O3/c1-23-11-4-2-3-9(7-11)15-20-21-16(24-15)14(22)19-13-6-5-10(17)8-12(13)18/h2-8H,1H3,(H,19,22). The largest absolute Gasteiger partial charge is 0.497 e. The first kappa shape index (κ1) is 15.6. The number of benzene rings is 2. The number of carbonyl (C=O) groups excluding carboxylic acids is 1. The van der Waals surface area contributed by atoms with Crippen molar-refractivity contribution in [2.75, 3.05) is 12.4 Å². The Morgan fingerprint density at radius 3 is 2.75 bits per heavy atom. The molecule has 0 aliphatic carbocycles. The Balaban J connectivity index is 1.80. The zero-order valence-electron chi connectivity index (χ0n) is 12.4. The van der Waals surface area contributed by atoms with Crippen LogP contribution in [0.15, 0.2) is 46.9 Å². The normalized spacial score (nSPS) is 10.5. The number of ether oxygens (including phenoxy) is 1. The third-order valence-corrected chi connectivity index (χ3v) is 3.12. The Labute approximate surface area is 135 Å². The van der Waals surface area contributed by atoms with Gasteiger partial charge in [-0.3, -0.25) is 4.79 Å². The zero-order chi connectivity index (χ0) is 17.1. The van der Waals surface area contributed by atoms with Gasteiger partial charge in [0.05, 0.1) is 12.8 Å². The Morgan fingerprint density at radius 2 is 2.00 bits per heavy atom. The molecule has 0 aliphatic rings. The zero-order valence-corrected chi connectivity index (χ0v) is 12.4. The molecule has 3 aromatic rings. The molecular formula is C16H11F2N3O3. The summed E-state index contributed by atoms with van der Waals surface area (Å²) in [6, 6.07) is 9.62. The smallest absolute Gasteiger partial charge is 0.313 e. The van der Waals surface area contributed by atoms with Gasteiger partial charge in [0.25, 0.3) is 0 Å². The molecule has 0 bridgehead atoms. The number of aromatic nitrogens is 2. The van der Waals surface area contributed by atoms with Crippen molar-refractivity contribution in [2.24, 2.45) is 0 Å². The summed E-state index contributed by atoms with van der Waals surface area (Å²) >= 11 is 0. The van der Waals surface area contributed by atoms with Crippen LogP contribution < -0.4 is 10.1 Å². The first-order valence-electron chi connectivity index (χ1n) is 6.81. The lowest BCUT2D eigenvalue weighted by Crippen LogP contribution is -2.13. The molecule has 8 heteroatoms. The highest BCUT2D eigenvalue weighted by atomic mass is 19.1. The number of hydrogen-bond acceptors (Lipinski definition) is 5. The summed E-state index contributed by atoms with van der Waals surface area (Å²) in [6.45, 7) is 0. The highest BCUT2D eigenvalue weighted by Crippen LogP contribution is 2.23. The fraction of sp³-hybridized carbons (Fsp3) is 0.0625. The van der Waals surface area contributed by atoms with Crippen LogP contribution in [0.5, 0.6) is 5.75 Å². The van der Waals surface area contributed by atoms with E-state index in [0.717, 1.165) is 12.1 Å². The Bertz CT molecular complexity index is 896.